The fourth-order valence-corrected chi connectivity index (χ4v) is 6.35. The Bertz CT molecular complexity index is 1320. The molecule has 2 aliphatic heterocycles. The molecule has 2 aliphatic rings. The average Bonchev–Trinajstić information content (AvgIpc) is 3.54. The molecule has 4 rings (SSSR count). The molecule has 0 aromatic heterocycles. The molecule has 1 unspecified atom stereocenters. The van der Waals surface area contributed by atoms with E-state index < -0.39 is 34.1 Å². The maximum atomic E-state index is 13.6. The summed E-state index contributed by atoms with van der Waals surface area (Å²) < 4.78 is 38.9. The molecule has 1 fully saturated rings. The van der Waals surface area contributed by atoms with Crippen LogP contribution < -0.4 is 25.4 Å². The van der Waals surface area contributed by atoms with Gasteiger partial charge < -0.3 is 30.5 Å². The van der Waals surface area contributed by atoms with Crippen molar-refractivity contribution >= 4 is 21.8 Å². The summed E-state index contributed by atoms with van der Waals surface area (Å²) in [6.07, 6.45) is 1.26. The van der Waals surface area contributed by atoms with Crippen molar-refractivity contribution in [2.45, 2.75) is 68.7 Å². The SMILES string of the molecule is CCC(C)[C@H](NC(=O)[C@@H]1CCCN1)C(=O)N[C@@H](Cc1ccccc1)[C@H](O)CN(C)S(=O)(=O)c1ccc2c(c1)OCCO2. The molecule has 1 saturated heterocycles. The topological polar surface area (TPSA) is 146 Å². The normalized spacial score (nSPS) is 19.5. The minimum Gasteiger partial charge on any atom is -0.486 e. The van der Waals surface area contributed by atoms with Gasteiger partial charge in [0.1, 0.15) is 19.3 Å². The fraction of sp³-hybridized carbons (Fsp3) is 0.533. The average molecular weight is 603 g/mol. The molecule has 5 atom stereocenters. The monoisotopic (exact) mass is 602 g/mol. The Morgan fingerprint density at radius 1 is 1.10 bits per heavy atom. The maximum Gasteiger partial charge on any atom is 0.243 e. The number of fused-ring (bicyclic) bond motifs is 1. The number of hydrogen-bond donors (Lipinski definition) is 4. The first kappa shape index (κ1) is 31.7. The number of hydrogen-bond acceptors (Lipinski definition) is 8. The first-order valence-corrected chi connectivity index (χ1v) is 16.0. The van der Waals surface area contributed by atoms with Crippen LogP contribution in [0.25, 0.3) is 0 Å². The van der Waals surface area contributed by atoms with Gasteiger partial charge in [-0.3, -0.25) is 9.59 Å². The number of rotatable bonds is 13. The number of sulfonamides is 1. The third-order valence-corrected chi connectivity index (χ3v) is 9.75. The molecule has 4 N–H and O–H groups in total. The minimum atomic E-state index is -4.00. The standard InChI is InChI=1S/C30H42N4O7S/c1-4-20(2)28(33-29(36)23-11-8-14-31-23)30(37)32-24(17-21-9-6-5-7-10-21)25(35)19-34(3)42(38,39)22-12-13-26-27(18-22)41-16-15-40-26/h5-7,9-10,12-13,18,20,23-25,28,31,35H,4,8,11,14-17,19H2,1-3H3,(H,32,37)(H,33,36)/t20?,23-,24-,25+,28-/m0/s1. The Labute approximate surface area is 248 Å². The van der Waals surface area contributed by atoms with Gasteiger partial charge in [0.25, 0.3) is 0 Å². The lowest BCUT2D eigenvalue weighted by Crippen LogP contribution is -2.58. The summed E-state index contributed by atoms with van der Waals surface area (Å²) in [6, 6.07) is 11.8. The van der Waals surface area contributed by atoms with Crippen LogP contribution in [-0.2, 0) is 26.0 Å². The van der Waals surface area contributed by atoms with Crippen molar-refractivity contribution in [2.24, 2.45) is 5.92 Å². The Morgan fingerprint density at radius 3 is 2.48 bits per heavy atom. The zero-order chi connectivity index (χ0) is 30.3. The Hall–Kier alpha value is -3.19. The maximum absolute atomic E-state index is 13.6. The predicted molar refractivity (Wildman–Crippen MR) is 158 cm³/mol. The van der Waals surface area contributed by atoms with Gasteiger partial charge in [-0.2, -0.15) is 4.31 Å². The van der Waals surface area contributed by atoms with Gasteiger partial charge >= 0.3 is 0 Å². The molecule has 2 heterocycles. The molecule has 0 spiro atoms. The Kier molecular flexibility index (Phi) is 10.8. The van der Waals surface area contributed by atoms with Gasteiger partial charge in [0.05, 0.1) is 23.1 Å². The van der Waals surface area contributed by atoms with Crippen LogP contribution in [0.15, 0.2) is 53.4 Å². The second-order valence-electron chi connectivity index (χ2n) is 11.0. The molecule has 2 amide bonds. The minimum absolute atomic E-state index is 0.00478. The lowest BCUT2D eigenvalue weighted by atomic mass is 9.95. The molecule has 42 heavy (non-hydrogen) atoms. The molecule has 0 saturated carbocycles. The smallest absolute Gasteiger partial charge is 0.243 e. The van der Waals surface area contributed by atoms with Gasteiger partial charge in [0.15, 0.2) is 11.5 Å². The molecule has 2 aromatic carbocycles. The van der Waals surface area contributed by atoms with E-state index in [1.807, 2.05) is 44.2 Å². The highest BCUT2D eigenvalue weighted by Crippen LogP contribution is 2.33. The third-order valence-electron chi connectivity index (χ3n) is 7.93. The molecule has 0 bridgehead atoms. The lowest BCUT2D eigenvalue weighted by Gasteiger charge is -2.31. The first-order chi connectivity index (χ1) is 20.1. The van der Waals surface area contributed by atoms with Crippen LogP contribution in [0, 0.1) is 5.92 Å². The second-order valence-corrected chi connectivity index (χ2v) is 13.0. The van der Waals surface area contributed by atoms with Crippen molar-refractivity contribution in [3.05, 3.63) is 54.1 Å². The van der Waals surface area contributed by atoms with E-state index in [2.05, 4.69) is 16.0 Å². The number of nitrogens with one attached hydrogen (secondary N) is 3. The van der Waals surface area contributed by atoms with Crippen LogP contribution in [0.2, 0.25) is 0 Å². The van der Waals surface area contributed by atoms with Gasteiger partial charge in [-0.05, 0) is 49.4 Å². The van der Waals surface area contributed by atoms with Crippen molar-refractivity contribution in [1.29, 1.82) is 0 Å². The van der Waals surface area contributed by atoms with Gasteiger partial charge in [-0.15, -0.1) is 0 Å². The second kappa shape index (κ2) is 14.3. The van der Waals surface area contributed by atoms with Gasteiger partial charge in [0, 0.05) is 19.7 Å². The molecular weight excluding hydrogens is 560 g/mol. The summed E-state index contributed by atoms with van der Waals surface area (Å²) in [5, 5.41) is 20.4. The van der Waals surface area contributed by atoms with Gasteiger partial charge in [0.2, 0.25) is 21.8 Å². The van der Waals surface area contributed by atoms with Crippen molar-refractivity contribution in [1.82, 2.24) is 20.3 Å². The molecule has 11 nitrogen and oxygen atoms in total. The molecule has 2 aromatic rings. The number of carbonyl (C=O) groups excluding carboxylic acids is 2. The zero-order valence-corrected chi connectivity index (χ0v) is 25.2. The highest BCUT2D eigenvalue weighted by atomic mass is 32.2. The summed E-state index contributed by atoms with van der Waals surface area (Å²) >= 11 is 0. The van der Waals surface area contributed by atoms with Crippen LogP contribution in [0.5, 0.6) is 11.5 Å². The number of aliphatic hydroxyl groups excluding tert-OH is 1. The van der Waals surface area contributed by atoms with Crippen LogP contribution in [0.4, 0.5) is 0 Å². The molecular formula is C30H42N4O7S. The fourth-order valence-electron chi connectivity index (χ4n) is 5.14. The first-order valence-electron chi connectivity index (χ1n) is 14.5. The summed E-state index contributed by atoms with van der Waals surface area (Å²) in [7, 11) is -2.62. The van der Waals surface area contributed by atoms with Crippen LogP contribution in [0.1, 0.15) is 38.7 Å². The highest BCUT2D eigenvalue weighted by molar-refractivity contribution is 7.89. The number of amides is 2. The van der Waals surface area contributed by atoms with E-state index in [1.54, 1.807) is 6.07 Å². The molecule has 0 aliphatic carbocycles. The number of ether oxygens (including phenoxy) is 2. The Morgan fingerprint density at radius 2 is 1.81 bits per heavy atom. The van der Waals surface area contributed by atoms with E-state index >= 15 is 0 Å². The van der Waals surface area contributed by atoms with Gasteiger partial charge in [-0.25, -0.2) is 8.42 Å². The van der Waals surface area contributed by atoms with E-state index in [9.17, 15) is 23.1 Å². The van der Waals surface area contributed by atoms with Crippen molar-refractivity contribution in [2.75, 3.05) is 33.4 Å². The number of carbonyl (C=O) groups is 2. The number of nitrogens with zero attached hydrogens (tertiary/aromatic N) is 1. The van der Waals surface area contributed by atoms with E-state index in [4.69, 9.17) is 9.47 Å². The van der Waals surface area contributed by atoms with Gasteiger partial charge in [-0.1, -0.05) is 50.6 Å². The largest absolute Gasteiger partial charge is 0.486 e. The number of benzene rings is 2. The highest BCUT2D eigenvalue weighted by Gasteiger charge is 2.34. The molecule has 12 heteroatoms. The third kappa shape index (κ3) is 7.80. The van der Waals surface area contributed by atoms with Crippen molar-refractivity contribution < 1.29 is 32.6 Å². The lowest BCUT2D eigenvalue weighted by molar-refractivity contribution is -0.132. The molecule has 0 radical (unpaired) electrons. The number of aliphatic hydroxyl groups is 1. The summed E-state index contributed by atoms with van der Waals surface area (Å²) in [5.74, 6) is 0.00568. The van der Waals surface area contributed by atoms with Crippen molar-refractivity contribution in [3.63, 3.8) is 0 Å². The summed E-state index contributed by atoms with van der Waals surface area (Å²) in [5.41, 5.74) is 0.860. The van der Waals surface area contributed by atoms with E-state index in [0.29, 0.717) is 37.6 Å². The zero-order valence-electron chi connectivity index (χ0n) is 24.4. The van der Waals surface area contributed by atoms with E-state index in [0.717, 1.165) is 22.8 Å². The Balaban J connectivity index is 1.51. The predicted octanol–water partition coefficient (Wildman–Crippen LogP) is 1.45. The van der Waals surface area contributed by atoms with Crippen molar-refractivity contribution in [3.8, 4) is 11.5 Å². The summed E-state index contributed by atoms with van der Waals surface area (Å²) in [4.78, 5) is 26.5. The molecule has 230 valence electrons. The van der Waals surface area contributed by atoms with Crippen LogP contribution in [-0.4, -0.2) is 87.2 Å². The van der Waals surface area contributed by atoms with Crippen LogP contribution >= 0.6 is 0 Å². The number of likely N-dealkylation sites (N-methyl/N-ethyl adjacent to an activating group) is 1. The van der Waals surface area contributed by atoms with E-state index in [-0.39, 0.29) is 35.7 Å². The summed E-state index contributed by atoms with van der Waals surface area (Å²) in [6.45, 7) is 5.02. The quantitative estimate of drug-likeness (QED) is 0.270. The van der Waals surface area contributed by atoms with E-state index in [1.165, 1.54) is 19.2 Å². The van der Waals surface area contributed by atoms with Crippen LogP contribution in [0.3, 0.4) is 0 Å².